The summed E-state index contributed by atoms with van der Waals surface area (Å²) in [6.45, 7) is 52.9. The van der Waals surface area contributed by atoms with E-state index >= 15 is 0 Å². The maximum Gasteiger partial charge on any atom is 0.406 e. The summed E-state index contributed by atoms with van der Waals surface area (Å²) in [4.78, 5) is 45.4. The second-order valence-corrected chi connectivity index (χ2v) is 49.8. The molecule has 0 heterocycles. The van der Waals surface area contributed by atoms with Crippen molar-refractivity contribution in [1.82, 2.24) is 5.32 Å². The maximum absolute atomic E-state index is 11.9. The molecule has 2 unspecified atom stereocenters. The highest BCUT2D eigenvalue weighted by atomic mass is 28.5. The molecule has 1 amide bonds. The summed E-state index contributed by atoms with van der Waals surface area (Å²) in [6.07, 6.45) is 11.1. The number of unbranched alkanes of at least 4 members (excludes halogenated alkanes) is 2. The SMILES string of the molecule is C.C.C.C.C=C(C)C(=O)OCCC[Si](C)(C)O[Si](C)(C)O[Si](C)(C)CCCC.C=C(C)C(=O)OCCOC(=O)CCC1(C)CC(C)CC(C)(C)C1.CCCC[Si](C)(C)O[Si](C)(C)O[Si](C)(C)CCCOCCOC(=O)NC. The third-order valence-electron chi connectivity index (χ3n) is 12.1. The van der Waals surface area contributed by atoms with Gasteiger partial charge in [-0.05, 0) is 172 Å². The zero-order chi connectivity index (χ0) is 57.0. The average molecular weight is 1200 g/mol. The highest BCUT2D eigenvalue weighted by Gasteiger charge is 2.42. The van der Waals surface area contributed by atoms with Gasteiger partial charge in [0.1, 0.15) is 19.8 Å². The average Bonchev–Trinajstić information content (AvgIpc) is 3.21. The van der Waals surface area contributed by atoms with E-state index in [-0.39, 0.29) is 66.9 Å². The van der Waals surface area contributed by atoms with Crippen LogP contribution in [-0.2, 0) is 54.5 Å². The Balaban J connectivity index is -0.000000240. The molecule has 1 aliphatic carbocycles. The smallest absolute Gasteiger partial charge is 0.406 e. The molecular weight excluding hydrogens is 1080 g/mol. The molecule has 2 atom stereocenters. The monoisotopic (exact) mass is 1200 g/mol. The number of rotatable bonds is 33. The first-order valence-corrected chi connectivity index (χ1v) is 45.4. The molecule has 0 radical (unpaired) electrons. The Hall–Kier alpha value is -1.74. The predicted molar refractivity (Wildman–Crippen MR) is 342 cm³/mol. The first-order chi connectivity index (χ1) is 33.3. The second kappa shape index (κ2) is 41.3. The molecule has 462 valence electrons. The van der Waals surface area contributed by atoms with Crippen molar-refractivity contribution >= 4 is 74.4 Å². The Kier molecular flexibility index (Phi) is 46.4. The quantitative estimate of drug-likeness (QED) is 0.0217. The van der Waals surface area contributed by atoms with Gasteiger partial charge in [-0.3, -0.25) is 4.79 Å². The van der Waals surface area contributed by atoms with Crippen molar-refractivity contribution in [2.45, 2.75) is 258 Å². The molecule has 0 saturated heterocycles. The number of esters is 3. The van der Waals surface area contributed by atoms with Gasteiger partial charge in [-0.25, -0.2) is 14.4 Å². The van der Waals surface area contributed by atoms with Gasteiger partial charge in [0.2, 0.25) is 0 Å². The largest absolute Gasteiger partial charge is 0.462 e. The molecule has 0 aromatic heterocycles. The predicted octanol–water partition coefficient (Wildman–Crippen LogP) is 17.0. The van der Waals surface area contributed by atoms with Crippen LogP contribution in [0, 0.1) is 16.7 Å². The van der Waals surface area contributed by atoms with Gasteiger partial charge >= 0.3 is 41.1 Å². The Morgan fingerprint density at radius 3 is 1.27 bits per heavy atom. The third-order valence-corrected chi connectivity index (χ3v) is 35.0. The van der Waals surface area contributed by atoms with E-state index < -0.39 is 62.5 Å². The lowest BCUT2D eigenvalue weighted by Gasteiger charge is -2.46. The highest BCUT2D eigenvalue weighted by Crippen LogP contribution is 2.50. The standard InChI is InChI=1S/C19H32O4.C17H41NO5Si3.C17H38O4Si3.4CH4/c1-14(2)17(21)23-10-9-22-16(20)7-8-19(6)12-15(3)11-18(4,5)13-19;1-9-10-15-24(3,4)22-26(7,8)23-25(5,6)16-11-12-20-13-14-21-17(19)18-2;1-10-11-14-22(4,5)20-24(8,9)21-23(6,7)15-12-13-19-17(18)16(2)3;;;;/h15H,1,7-13H2,2-6H3;9-16H2,1-8H3,(H,18,19);2,10-15H2,1,3-9H3;4*1H4. The van der Waals surface area contributed by atoms with E-state index in [1.54, 1.807) is 13.8 Å². The van der Waals surface area contributed by atoms with Crippen LogP contribution >= 0.6 is 0 Å². The number of amides is 1. The number of carbonyl (C=O) groups is 4. The van der Waals surface area contributed by atoms with Crippen LogP contribution in [0.15, 0.2) is 24.3 Å². The highest BCUT2D eigenvalue weighted by molar-refractivity contribution is 6.88. The van der Waals surface area contributed by atoms with Gasteiger partial charge in [0.25, 0.3) is 0 Å². The first-order valence-electron chi connectivity index (χ1n) is 27.3. The zero-order valence-corrected chi connectivity index (χ0v) is 56.6. The van der Waals surface area contributed by atoms with Gasteiger partial charge in [-0.1, -0.05) is 110 Å². The Bertz CT molecular complexity index is 1660. The molecule has 0 aliphatic heterocycles. The van der Waals surface area contributed by atoms with Crippen LogP contribution in [0.4, 0.5) is 4.79 Å². The topological polar surface area (TPSA) is 163 Å². The number of nitrogens with one attached hydrogen (secondary N) is 1. The minimum atomic E-state index is -2.12. The van der Waals surface area contributed by atoms with Crippen molar-refractivity contribution in [2.24, 2.45) is 16.7 Å². The van der Waals surface area contributed by atoms with Crippen molar-refractivity contribution in [1.29, 1.82) is 0 Å². The number of carbonyl (C=O) groups excluding carboxylic acids is 4. The molecule has 0 spiro atoms. The third kappa shape index (κ3) is 47.6. The number of hydrogen-bond acceptors (Lipinski definition) is 13. The van der Waals surface area contributed by atoms with Gasteiger partial charge < -0.3 is 45.5 Å². The van der Waals surface area contributed by atoms with Crippen LogP contribution in [0.2, 0.25) is 103 Å². The lowest BCUT2D eigenvalue weighted by atomic mass is 9.60. The van der Waals surface area contributed by atoms with Crippen LogP contribution in [0.5, 0.6) is 0 Å². The summed E-state index contributed by atoms with van der Waals surface area (Å²) in [5.74, 6) is -0.279. The van der Waals surface area contributed by atoms with Crippen LogP contribution < -0.4 is 5.32 Å². The van der Waals surface area contributed by atoms with Crippen LogP contribution in [-0.4, -0.2) is 121 Å². The van der Waals surface area contributed by atoms with Crippen LogP contribution in [0.25, 0.3) is 0 Å². The normalized spacial score (nSPS) is 16.3. The van der Waals surface area contributed by atoms with E-state index in [0.29, 0.717) is 48.7 Å². The summed E-state index contributed by atoms with van der Waals surface area (Å²) >= 11 is 0. The molecule has 1 rings (SSSR count). The van der Waals surface area contributed by atoms with Crippen molar-refractivity contribution in [2.75, 3.05) is 46.7 Å². The fourth-order valence-corrected chi connectivity index (χ4v) is 38.5. The van der Waals surface area contributed by atoms with E-state index in [9.17, 15) is 19.2 Å². The number of alkyl carbamates (subject to hydrolysis) is 1. The van der Waals surface area contributed by atoms with E-state index in [4.69, 9.17) is 40.1 Å². The van der Waals surface area contributed by atoms with E-state index in [2.05, 4.69) is 139 Å². The molecule has 0 bridgehead atoms. The molecular formula is C57H127NO13Si6. The molecule has 77 heavy (non-hydrogen) atoms. The van der Waals surface area contributed by atoms with Crippen molar-refractivity contribution in [3.05, 3.63) is 24.3 Å². The molecule has 1 saturated carbocycles. The first kappa shape index (κ1) is 86.5. The molecule has 0 aromatic rings. The molecule has 20 heteroatoms. The Labute approximate surface area is 482 Å². The fraction of sp³-hybridized carbons (Fsp3) is 0.860. The summed E-state index contributed by atoms with van der Waals surface area (Å²) in [6, 6.07) is 4.41. The van der Waals surface area contributed by atoms with Gasteiger partial charge in [0, 0.05) is 31.2 Å². The van der Waals surface area contributed by atoms with Gasteiger partial charge in [-0.15, -0.1) is 0 Å². The van der Waals surface area contributed by atoms with E-state index in [1.165, 1.54) is 57.7 Å². The summed E-state index contributed by atoms with van der Waals surface area (Å²) in [7, 11) is -9.57. The fourth-order valence-electron chi connectivity index (χ4n) is 10.1. The molecule has 0 aromatic carbocycles. The minimum absolute atomic E-state index is 0. The lowest BCUT2D eigenvalue weighted by molar-refractivity contribution is -0.150. The van der Waals surface area contributed by atoms with E-state index in [1.807, 2.05) is 0 Å². The van der Waals surface area contributed by atoms with Crippen molar-refractivity contribution in [3.8, 4) is 0 Å². The minimum Gasteiger partial charge on any atom is -0.462 e. The number of ether oxygens (including phenoxy) is 5. The zero-order valence-electron chi connectivity index (χ0n) is 50.6. The molecule has 1 aliphatic rings. The summed E-state index contributed by atoms with van der Waals surface area (Å²) in [5, 5.41) is 2.40. The van der Waals surface area contributed by atoms with Gasteiger partial charge in [-0.2, -0.15) is 0 Å². The maximum atomic E-state index is 11.9. The second-order valence-electron chi connectivity index (χ2n) is 24.9. The molecule has 1 N–H and O–H groups in total. The van der Waals surface area contributed by atoms with Crippen LogP contribution in [0.1, 0.15) is 156 Å². The lowest BCUT2D eigenvalue weighted by Crippen LogP contribution is -2.52. The van der Waals surface area contributed by atoms with E-state index in [0.717, 1.165) is 37.8 Å². The van der Waals surface area contributed by atoms with Crippen molar-refractivity contribution < 1.29 is 59.3 Å². The molecule has 1 fully saturated rings. The summed E-state index contributed by atoms with van der Waals surface area (Å²) < 4.78 is 51.8. The summed E-state index contributed by atoms with van der Waals surface area (Å²) in [5.41, 5.74) is 1.34. The number of hydrogen-bond donors (Lipinski definition) is 1. The molecule has 14 nitrogen and oxygen atoms in total. The van der Waals surface area contributed by atoms with Crippen molar-refractivity contribution in [3.63, 3.8) is 0 Å². The Morgan fingerprint density at radius 1 is 0.532 bits per heavy atom. The van der Waals surface area contributed by atoms with Crippen LogP contribution in [0.3, 0.4) is 0 Å². The Morgan fingerprint density at radius 2 is 0.896 bits per heavy atom. The van der Waals surface area contributed by atoms with Gasteiger partial charge in [0.05, 0.1) is 13.2 Å². The van der Waals surface area contributed by atoms with Gasteiger partial charge in [0.15, 0.2) is 33.3 Å².